The third-order valence-electron chi connectivity index (χ3n) is 3.45. The van der Waals surface area contributed by atoms with E-state index < -0.39 is 0 Å². The molecular formula is C18H13ClO2. The van der Waals surface area contributed by atoms with E-state index in [0.717, 1.165) is 21.9 Å². The van der Waals surface area contributed by atoms with Crippen LogP contribution in [0.2, 0.25) is 5.02 Å². The fraction of sp³-hybridized carbons (Fsp3) is 0.0556. The van der Waals surface area contributed by atoms with E-state index in [4.69, 9.17) is 16.3 Å². The molecule has 0 heterocycles. The minimum atomic E-state index is -0.366. The summed E-state index contributed by atoms with van der Waals surface area (Å²) in [5.41, 5.74) is 2.23. The first-order chi connectivity index (χ1) is 10.2. The monoisotopic (exact) mass is 296 g/mol. The highest BCUT2D eigenvalue weighted by Gasteiger charge is 2.14. The third kappa shape index (κ3) is 2.63. The molecule has 0 spiro atoms. The van der Waals surface area contributed by atoms with Gasteiger partial charge in [-0.3, -0.25) is 0 Å². The van der Waals surface area contributed by atoms with E-state index in [9.17, 15) is 4.79 Å². The lowest BCUT2D eigenvalue weighted by Crippen LogP contribution is -2.03. The van der Waals surface area contributed by atoms with Gasteiger partial charge in [-0.15, -0.1) is 0 Å². The van der Waals surface area contributed by atoms with E-state index in [1.807, 2.05) is 36.4 Å². The van der Waals surface area contributed by atoms with Gasteiger partial charge in [-0.1, -0.05) is 48.0 Å². The Morgan fingerprint density at radius 3 is 2.48 bits per heavy atom. The van der Waals surface area contributed by atoms with Crippen molar-refractivity contribution in [3.8, 4) is 11.1 Å². The Morgan fingerprint density at radius 1 is 0.952 bits per heavy atom. The first-order valence-electron chi connectivity index (χ1n) is 6.56. The molecule has 0 bridgehead atoms. The number of carbonyl (C=O) groups is 1. The van der Waals surface area contributed by atoms with Crippen molar-refractivity contribution in [1.29, 1.82) is 0 Å². The van der Waals surface area contributed by atoms with Crippen LogP contribution < -0.4 is 0 Å². The van der Waals surface area contributed by atoms with Crippen molar-refractivity contribution in [3.05, 3.63) is 71.2 Å². The zero-order chi connectivity index (χ0) is 14.8. The molecule has 2 nitrogen and oxygen atoms in total. The fourth-order valence-electron chi connectivity index (χ4n) is 2.40. The molecule has 3 rings (SSSR count). The maximum absolute atomic E-state index is 11.9. The number of hydrogen-bond donors (Lipinski definition) is 0. The second kappa shape index (κ2) is 5.58. The number of esters is 1. The molecule has 0 fully saturated rings. The van der Waals surface area contributed by atoms with Gasteiger partial charge in [-0.2, -0.15) is 0 Å². The summed E-state index contributed by atoms with van der Waals surface area (Å²) in [6.07, 6.45) is 0. The topological polar surface area (TPSA) is 26.3 Å². The van der Waals surface area contributed by atoms with Crippen LogP contribution >= 0.6 is 11.6 Å². The molecule has 0 radical (unpaired) electrons. The second-order valence-electron chi connectivity index (χ2n) is 4.74. The maximum atomic E-state index is 11.9. The number of rotatable bonds is 2. The quantitative estimate of drug-likeness (QED) is 0.626. The van der Waals surface area contributed by atoms with Crippen molar-refractivity contribution in [2.45, 2.75) is 0 Å². The van der Waals surface area contributed by atoms with Crippen LogP contribution in [0.1, 0.15) is 10.4 Å². The Bertz CT molecular complexity index is 824. The Morgan fingerprint density at radius 2 is 1.71 bits per heavy atom. The van der Waals surface area contributed by atoms with Crippen molar-refractivity contribution in [2.75, 3.05) is 7.11 Å². The molecule has 0 atom stereocenters. The van der Waals surface area contributed by atoms with E-state index >= 15 is 0 Å². The molecule has 0 aliphatic carbocycles. The van der Waals surface area contributed by atoms with Crippen LogP contribution in [0, 0.1) is 0 Å². The Balaban J connectivity index is 2.21. The molecular weight excluding hydrogens is 284 g/mol. The zero-order valence-electron chi connectivity index (χ0n) is 11.5. The minimum Gasteiger partial charge on any atom is -0.465 e. The molecule has 0 unspecified atom stereocenters. The van der Waals surface area contributed by atoms with Crippen LogP contribution in [0.4, 0.5) is 0 Å². The van der Waals surface area contributed by atoms with Crippen molar-refractivity contribution < 1.29 is 9.53 Å². The molecule has 0 aliphatic heterocycles. The molecule has 0 saturated heterocycles. The highest BCUT2D eigenvalue weighted by Crippen LogP contribution is 2.30. The average Bonchev–Trinajstić information content (AvgIpc) is 2.53. The van der Waals surface area contributed by atoms with Crippen molar-refractivity contribution in [2.24, 2.45) is 0 Å². The normalized spacial score (nSPS) is 10.6. The second-order valence-corrected chi connectivity index (χ2v) is 5.18. The minimum absolute atomic E-state index is 0.366. The van der Waals surface area contributed by atoms with Crippen LogP contribution in [0.15, 0.2) is 60.7 Å². The predicted octanol–water partition coefficient (Wildman–Crippen LogP) is 4.95. The fourth-order valence-corrected chi connectivity index (χ4v) is 2.57. The van der Waals surface area contributed by atoms with Gasteiger partial charge in [0.05, 0.1) is 12.7 Å². The van der Waals surface area contributed by atoms with E-state index in [-0.39, 0.29) is 5.97 Å². The third-order valence-corrected chi connectivity index (χ3v) is 3.68. The Kier molecular flexibility index (Phi) is 3.63. The summed E-state index contributed by atoms with van der Waals surface area (Å²) >= 11 is 6.08. The first-order valence-corrected chi connectivity index (χ1v) is 6.94. The SMILES string of the molecule is COC(=O)c1ccc(Cl)cc1-c1ccc2ccccc2c1. The lowest BCUT2D eigenvalue weighted by molar-refractivity contribution is 0.0601. The molecule has 3 heteroatoms. The van der Waals surface area contributed by atoms with Crippen LogP contribution in [0.25, 0.3) is 21.9 Å². The lowest BCUT2D eigenvalue weighted by atomic mass is 9.97. The van der Waals surface area contributed by atoms with E-state index in [1.54, 1.807) is 18.2 Å². The number of ether oxygens (including phenoxy) is 1. The number of carbonyl (C=O) groups excluding carboxylic acids is 1. The molecule has 0 saturated carbocycles. The van der Waals surface area contributed by atoms with Crippen molar-refractivity contribution >= 4 is 28.3 Å². The predicted molar refractivity (Wildman–Crippen MR) is 85.7 cm³/mol. The van der Waals surface area contributed by atoms with Gasteiger partial charge in [0.15, 0.2) is 0 Å². The van der Waals surface area contributed by atoms with Crippen LogP contribution in [-0.4, -0.2) is 13.1 Å². The van der Waals surface area contributed by atoms with Gasteiger partial charge in [0, 0.05) is 5.02 Å². The van der Waals surface area contributed by atoms with Crippen molar-refractivity contribution in [3.63, 3.8) is 0 Å². The Hall–Kier alpha value is -2.32. The maximum Gasteiger partial charge on any atom is 0.338 e. The number of halogens is 1. The van der Waals surface area contributed by atoms with Gasteiger partial charge in [-0.05, 0) is 46.2 Å². The van der Waals surface area contributed by atoms with Crippen LogP contribution in [-0.2, 0) is 4.74 Å². The van der Waals surface area contributed by atoms with Gasteiger partial charge in [0.1, 0.15) is 0 Å². The smallest absolute Gasteiger partial charge is 0.338 e. The summed E-state index contributed by atoms with van der Waals surface area (Å²) in [5.74, 6) is -0.366. The van der Waals surface area contributed by atoms with Gasteiger partial charge in [0.25, 0.3) is 0 Å². The first kappa shape index (κ1) is 13.7. The summed E-state index contributed by atoms with van der Waals surface area (Å²) in [7, 11) is 1.38. The van der Waals surface area contributed by atoms with Gasteiger partial charge in [0.2, 0.25) is 0 Å². The summed E-state index contributed by atoms with van der Waals surface area (Å²) in [6, 6.07) is 19.3. The number of benzene rings is 3. The summed E-state index contributed by atoms with van der Waals surface area (Å²) in [4.78, 5) is 11.9. The number of hydrogen-bond acceptors (Lipinski definition) is 2. The van der Waals surface area contributed by atoms with E-state index in [0.29, 0.717) is 10.6 Å². The standard InChI is InChI=1S/C18H13ClO2/c1-21-18(20)16-9-8-15(19)11-17(16)14-7-6-12-4-2-3-5-13(12)10-14/h2-11H,1H3. The molecule has 104 valence electrons. The van der Waals surface area contributed by atoms with Gasteiger partial charge < -0.3 is 4.74 Å². The van der Waals surface area contributed by atoms with Crippen LogP contribution in [0.5, 0.6) is 0 Å². The molecule has 0 aliphatic rings. The molecule has 0 N–H and O–H groups in total. The summed E-state index contributed by atoms with van der Waals surface area (Å²) in [5, 5.41) is 2.86. The molecule has 21 heavy (non-hydrogen) atoms. The lowest BCUT2D eigenvalue weighted by Gasteiger charge is -2.10. The van der Waals surface area contributed by atoms with Crippen LogP contribution in [0.3, 0.4) is 0 Å². The molecule has 3 aromatic carbocycles. The highest BCUT2D eigenvalue weighted by atomic mass is 35.5. The average molecular weight is 297 g/mol. The van der Waals surface area contributed by atoms with E-state index in [2.05, 4.69) is 6.07 Å². The number of fused-ring (bicyclic) bond motifs is 1. The Labute approximate surface area is 127 Å². The zero-order valence-corrected chi connectivity index (χ0v) is 12.2. The van der Waals surface area contributed by atoms with Gasteiger partial charge >= 0.3 is 5.97 Å². The van der Waals surface area contributed by atoms with E-state index in [1.165, 1.54) is 7.11 Å². The molecule has 3 aromatic rings. The largest absolute Gasteiger partial charge is 0.465 e. The number of methoxy groups -OCH3 is 1. The van der Waals surface area contributed by atoms with Gasteiger partial charge in [-0.25, -0.2) is 4.79 Å². The molecule has 0 amide bonds. The summed E-state index contributed by atoms with van der Waals surface area (Å²) < 4.78 is 4.84. The molecule has 0 aromatic heterocycles. The van der Waals surface area contributed by atoms with Crippen molar-refractivity contribution in [1.82, 2.24) is 0 Å². The summed E-state index contributed by atoms with van der Waals surface area (Å²) in [6.45, 7) is 0. The highest BCUT2D eigenvalue weighted by molar-refractivity contribution is 6.31.